The van der Waals surface area contributed by atoms with E-state index in [0.29, 0.717) is 35.0 Å². The maximum atomic E-state index is 11.8. The van der Waals surface area contributed by atoms with Crippen LogP contribution in [0, 0.1) is 13.8 Å². The predicted octanol–water partition coefficient (Wildman–Crippen LogP) is 0.799. The fourth-order valence-corrected chi connectivity index (χ4v) is 3.52. The smallest absolute Gasteiger partial charge is 0.423 e. The summed E-state index contributed by atoms with van der Waals surface area (Å²) in [5, 5.41) is 30.5. The lowest BCUT2D eigenvalue weighted by atomic mass is 9.80. The normalized spacial score (nSPS) is 11.0. The number of aromatic nitrogens is 4. The Morgan fingerprint density at radius 2 is 1.94 bits per heavy atom. The van der Waals surface area contributed by atoms with E-state index in [9.17, 15) is 14.8 Å². The van der Waals surface area contributed by atoms with Gasteiger partial charge in [0.05, 0.1) is 5.52 Å². The van der Waals surface area contributed by atoms with Crippen molar-refractivity contribution in [3.05, 3.63) is 71.2 Å². The summed E-state index contributed by atoms with van der Waals surface area (Å²) in [7, 11) is -1.52. The van der Waals surface area contributed by atoms with Crippen molar-refractivity contribution in [1.29, 1.82) is 0 Å². The van der Waals surface area contributed by atoms with Crippen molar-refractivity contribution >= 4 is 29.8 Å². The molecular weight excluding hydrogens is 395 g/mol. The lowest BCUT2D eigenvalue weighted by Crippen LogP contribution is -2.30. The van der Waals surface area contributed by atoms with Gasteiger partial charge in [-0.2, -0.15) is 0 Å². The molecule has 9 nitrogen and oxygen atoms in total. The van der Waals surface area contributed by atoms with Crippen LogP contribution < -0.4 is 16.5 Å². The Kier molecular flexibility index (Phi) is 5.41. The lowest BCUT2D eigenvalue weighted by molar-refractivity contribution is 0.0994. The van der Waals surface area contributed by atoms with E-state index in [0.717, 1.165) is 22.2 Å². The van der Waals surface area contributed by atoms with Gasteiger partial charge in [0.2, 0.25) is 0 Å². The van der Waals surface area contributed by atoms with Crippen molar-refractivity contribution in [2.75, 3.05) is 5.32 Å². The molecule has 0 saturated carbocycles. The number of pyridine rings is 1. The summed E-state index contributed by atoms with van der Waals surface area (Å²) >= 11 is 0. The van der Waals surface area contributed by atoms with E-state index in [1.54, 1.807) is 41.7 Å². The summed E-state index contributed by atoms with van der Waals surface area (Å²) in [6.45, 7) is 4.13. The van der Waals surface area contributed by atoms with E-state index >= 15 is 0 Å². The topological polar surface area (TPSA) is 139 Å². The zero-order chi connectivity index (χ0) is 22.1. The van der Waals surface area contributed by atoms with Gasteiger partial charge in [0, 0.05) is 18.3 Å². The molecule has 0 radical (unpaired) electrons. The van der Waals surface area contributed by atoms with Crippen molar-refractivity contribution in [3.8, 4) is 11.4 Å². The lowest BCUT2D eigenvalue weighted by Gasteiger charge is -2.10. The van der Waals surface area contributed by atoms with Crippen LogP contribution in [0.3, 0.4) is 0 Å². The number of anilines is 1. The number of aryl methyl sites for hydroxylation is 2. The number of primary amides is 1. The summed E-state index contributed by atoms with van der Waals surface area (Å²) in [4.78, 5) is 16.4. The highest BCUT2D eigenvalue weighted by atomic mass is 16.4. The minimum Gasteiger partial charge on any atom is -0.423 e. The number of carbonyl (C=O) groups excluding carboxylic acids is 1. The summed E-state index contributed by atoms with van der Waals surface area (Å²) in [5.41, 5.74) is 10.2. The maximum Gasteiger partial charge on any atom is 0.488 e. The molecule has 0 fully saturated rings. The average Bonchev–Trinajstić information content (AvgIpc) is 3.09. The first kappa shape index (κ1) is 20.5. The van der Waals surface area contributed by atoms with Gasteiger partial charge in [0.15, 0.2) is 11.6 Å². The molecule has 0 atom stereocenters. The first-order valence-corrected chi connectivity index (χ1v) is 9.66. The van der Waals surface area contributed by atoms with Crippen molar-refractivity contribution in [2.24, 2.45) is 5.73 Å². The van der Waals surface area contributed by atoms with Crippen LogP contribution in [0.25, 0.3) is 16.9 Å². The van der Waals surface area contributed by atoms with Gasteiger partial charge in [-0.15, -0.1) is 10.2 Å². The second-order valence-electron chi connectivity index (χ2n) is 7.26. The molecule has 0 saturated heterocycles. The molecule has 31 heavy (non-hydrogen) atoms. The van der Waals surface area contributed by atoms with Gasteiger partial charge in [-0.1, -0.05) is 30.3 Å². The van der Waals surface area contributed by atoms with Crippen LogP contribution in [0.5, 0.6) is 0 Å². The minimum absolute atomic E-state index is 0.372. The summed E-state index contributed by atoms with van der Waals surface area (Å²) < 4.78 is 1.73. The van der Waals surface area contributed by atoms with Crippen molar-refractivity contribution < 1.29 is 14.8 Å². The number of fused-ring (bicyclic) bond motifs is 1. The van der Waals surface area contributed by atoms with E-state index in [-0.39, 0.29) is 0 Å². The Hall–Kier alpha value is -3.76. The Bertz CT molecular complexity index is 1290. The number of nitrogens with one attached hydrogen (secondary N) is 1. The van der Waals surface area contributed by atoms with E-state index in [1.165, 1.54) is 0 Å². The summed E-state index contributed by atoms with van der Waals surface area (Å²) in [5.74, 6) is 0.465. The number of hydrogen-bond donors (Lipinski definition) is 4. The number of nitrogens with zero attached hydrogens (tertiary/aromatic N) is 4. The third-order valence-corrected chi connectivity index (χ3v) is 5.04. The number of benzene rings is 1. The third kappa shape index (κ3) is 3.98. The van der Waals surface area contributed by atoms with Crippen molar-refractivity contribution in [1.82, 2.24) is 19.6 Å². The number of carbonyl (C=O) groups is 1. The van der Waals surface area contributed by atoms with E-state index in [4.69, 9.17) is 5.73 Å². The Morgan fingerprint density at radius 3 is 2.68 bits per heavy atom. The Labute approximate surface area is 178 Å². The molecule has 0 unspecified atom stereocenters. The molecule has 4 aromatic rings. The van der Waals surface area contributed by atoms with Gasteiger partial charge in [0.25, 0.3) is 5.91 Å². The number of nitrogens with two attached hydrogens (primary N) is 1. The molecular formula is C21H21BN6O3. The number of hydrogen-bond acceptors (Lipinski definition) is 7. The van der Waals surface area contributed by atoms with Crippen LogP contribution in [0.2, 0.25) is 0 Å². The summed E-state index contributed by atoms with van der Waals surface area (Å²) in [6.07, 6.45) is 1.83. The van der Waals surface area contributed by atoms with E-state index in [2.05, 4.69) is 20.5 Å². The molecule has 10 heteroatoms. The standard InChI is InChI=1S/C21H21BN6O3/c1-12-11-28-16(7-4-8-17(28)19(23)29)18(12)21-25-20(13(2)26-27-21)24-10-14-5-3-6-15(9-14)22(30)31/h3-9,11,30-31H,10H2,1-2H3,(H2,23,29)(H,24,25,27). The maximum absolute atomic E-state index is 11.8. The Morgan fingerprint density at radius 1 is 1.16 bits per heavy atom. The summed E-state index contributed by atoms with van der Waals surface area (Å²) in [6, 6.07) is 12.3. The van der Waals surface area contributed by atoms with Gasteiger partial charge in [-0.25, -0.2) is 4.98 Å². The first-order chi connectivity index (χ1) is 14.8. The van der Waals surface area contributed by atoms with Crippen molar-refractivity contribution in [3.63, 3.8) is 0 Å². The highest BCUT2D eigenvalue weighted by molar-refractivity contribution is 6.58. The van der Waals surface area contributed by atoms with Crippen LogP contribution in [0.1, 0.15) is 27.3 Å². The predicted molar refractivity (Wildman–Crippen MR) is 118 cm³/mol. The van der Waals surface area contributed by atoms with Gasteiger partial charge >= 0.3 is 7.12 Å². The Balaban J connectivity index is 1.69. The first-order valence-electron chi connectivity index (χ1n) is 9.66. The molecule has 156 valence electrons. The number of amides is 1. The molecule has 1 aromatic carbocycles. The molecule has 3 aromatic heterocycles. The van der Waals surface area contributed by atoms with Gasteiger partial charge in [-0.05, 0) is 42.6 Å². The fraction of sp³-hybridized carbons (Fsp3) is 0.143. The van der Waals surface area contributed by atoms with E-state index < -0.39 is 13.0 Å². The zero-order valence-corrected chi connectivity index (χ0v) is 17.1. The van der Waals surface area contributed by atoms with Gasteiger partial charge < -0.3 is 25.5 Å². The third-order valence-electron chi connectivity index (χ3n) is 5.04. The molecule has 0 aliphatic carbocycles. The molecule has 3 heterocycles. The average molecular weight is 416 g/mol. The quantitative estimate of drug-likeness (QED) is 0.341. The highest BCUT2D eigenvalue weighted by Gasteiger charge is 2.18. The molecule has 1 amide bonds. The van der Waals surface area contributed by atoms with Gasteiger partial charge in [-0.3, -0.25) is 4.79 Å². The molecule has 5 N–H and O–H groups in total. The van der Waals surface area contributed by atoms with Gasteiger partial charge in [0.1, 0.15) is 11.4 Å². The van der Waals surface area contributed by atoms with Crippen LogP contribution in [-0.2, 0) is 6.54 Å². The second kappa shape index (κ2) is 8.17. The van der Waals surface area contributed by atoms with Crippen LogP contribution >= 0.6 is 0 Å². The van der Waals surface area contributed by atoms with Crippen LogP contribution in [-0.4, -0.2) is 42.7 Å². The zero-order valence-electron chi connectivity index (χ0n) is 17.1. The fourth-order valence-electron chi connectivity index (χ4n) is 3.52. The second-order valence-corrected chi connectivity index (χ2v) is 7.26. The van der Waals surface area contributed by atoms with E-state index in [1.807, 2.05) is 25.3 Å². The monoisotopic (exact) mass is 416 g/mol. The highest BCUT2D eigenvalue weighted by Crippen LogP contribution is 2.29. The molecule has 0 aliphatic heterocycles. The molecule has 0 aliphatic rings. The molecule has 4 rings (SSSR count). The van der Waals surface area contributed by atoms with Crippen molar-refractivity contribution in [2.45, 2.75) is 20.4 Å². The van der Waals surface area contributed by atoms with Crippen LogP contribution in [0.15, 0.2) is 48.7 Å². The number of rotatable bonds is 6. The molecule has 0 spiro atoms. The van der Waals surface area contributed by atoms with Crippen LogP contribution in [0.4, 0.5) is 5.82 Å². The minimum atomic E-state index is -1.52. The largest absolute Gasteiger partial charge is 0.488 e. The SMILES string of the molecule is Cc1cn2c(C(N)=O)cccc2c1-c1nnc(C)c(NCc2cccc(B(O)O)c2)n1. The molecule has 0 bridgehead atoms.